The molecule has 3 N–H and O–H groups in total. The van der Waals surface area contributed by atoms with Gasteiger partial charge in [0.2, 0.25) is 5.91 Å². The van der Waals surface area contributed by atoms with E-state index in [1.807, 2.05) is 30.5 Å². The Kier molecular flexibility index (Phi) is 3.99. The van der Waals surface area contributed by atoms with E-state index in [1.54, 1.807) is 11.3 Å². The summed E-state index contributed by atoms with van der Waals surface area (Å²) in [5.41, 5.74) is 8.58. The lowest BCUT2D eigenvalue weighted by Crippen LogP contribution is -2.34. The van der Waals surface area contributed by atoms with E-state index in [-0.39, 0.29) is 11.9 Å². The van der Waals surface area contributed by atoms with Gasteiger partial charge in [-0.3, -0.25) is 4.79 Å². The highest BCUT2D eigenvalue weighted by Crippen LogP contribution is 2.25. The number of nitrogens with one attached hydrogen (secondary N) is 1. The molecule has 0 saturated carbocycles. The predicted molar refractivity (Wildman–Crippen MR) is 76.7 cm³/mol. The molecule has 0 fully saturated rings. The van der Waals surface area contributed by atoms with Gasteiger partial charge in [-0.25, -0.2) is 0 Å². The third-order valence-corrected chi connectivity index (χ3v) is 3.49. The highest BCUT2D eigenvalue weighted by atomic mass is 32.1. The molecular weight excluding hydrogens is 244 g/mol. The van der Waals surface area contributed by atoms with Gasteiger partial charge in [-0.05, 0) is 46.5 Å². The van der Waals surface area contributed by atoms with Crippen LogP contribution in [-0.4, -0.2) is 11.9 Å². The zero-order chi connectivity index (χ0) is 13.0. The number of anilines is 1. The summed E-state index contributed by atoms with van der Waals surface area (Å²) in [4.78, 5) is 11.2. The summed E-state index contributed by atoms with van der Waals surface area (Å²) in [6.45, 7) is 1.94. The van der Waals surface area contributed by atoms with Gasteiger partial charge < -0.3 is 11.1 Å². The lowest BCUT2D eigenvalue weighted by Gasteiger charge is -2.15. The van der Waals surface area contributed by atoms with Gasteiger partial charge in [0.25, 0.3) is 0 Å². The van der Waals surface area contributed by atoms with E-state index >= 15 is 0 Å². The SMILES string of the molecule is CC[C@@H](Nc1cccc(-c2ccsc2)c1)C(N)=O. The van der Waals surface area contributed by atoms with Gasteiger partial charge >= 0.3 is 0 Å². The number of hydrogen-bond acceptors (Lipinski definition) is 3. The monoisotopic (exact) mass is 260 g/mol. The summed E-state index contributed by atoms with van der Waals surface area (Å²) in [6, 6.07) is 9.77. The van der Waals surface area contributed by atoms with Gasteiger partial charge in [-0.2, -0.15) is 11.3 Å². The van der Waals surface area contributed by atoms with Crippen LogP contribution in [0.5, 0.6) is 0 Å². The van der Waals surface area contributed by atoms with E-state index in [1.165, 1.54) is 5.56 Å². The van der Waals surface area contributed by atoms with Crippen molar-refractivity contribution < 1.29 is 4.79 Å². The first-order valence-electron chi connectivity index (χ1n) is 5.89. The van der Waals surface area contributed by atoms with Crippen molar-refractivity contribution >= 4 is 22.9 Å². The van der Waals surface area contributed by atoms with Crippen LogP contribution in [-0.2, 0) is 4.79 Å². The molecule has 0 unspecified atom stereocenters. The van der Waals surface area contributed by atoms with Crippen molar-refractivity contribution in [2.45, 2.75) is 19.4 Å². The third kappa shape index (κ3) is 2.90. The molecule has 0 aliphatic carbocycles. The highest BCUT2D eigenvalue weighted by molar-refractivity contribution is 7.08. The van der Waals surface area contributed by atoms with Crippen LogP contribution in [0.1, 0.15) is 13.3 Å². The maximum atomic E-state index is 11.2. The quantitative estimate of drug-likeness (QED) is 0.868. The molecule has 18 heavy (non-hydrogen) atoms. The van der Waals surface area contributed by atoms with E-state index in [2.05, 4.69) is 22.8 Å². The number of nitrogens with two attached hydrogens (primary N) is 1. The smallest absolute Gasteiger partial charge is 0.239 e. The molecule has 1 aromatic heterocycles. The first kappa shape index (κ1) is 12.6. The predicted octanol–water partition coefficient (Wildman–Crippen LogP) is 3.09. The second-order valence-electron chi connectivity index (χ2n) is 4.10. The van der Waals surface area contributed by atoms with E-state index in [4.69, 9.17) is 5.73 Å². The van der Waals surface area contributed by atoms with Crippen molar-refractivity contribution in [3.8, 4) is 11.1 Å². The van der Waals surface area contributed by atoms with E-state index in [0.717, 1.165) is 11.3 Å². The zero-order valence-electron chi connectivity index (χ0n) is 10.2. The molecule has 0 radical (unpaired) electrons. The van der Waals surface area contributed by atoms with Crippen LogP contribution < -0.4 is 11.1 Å². The summed E-state index contributed by atoms with van der Waals surface area (Å²) in [6.07, 6.45) is 0.679. The minimum absolute atomic E-state index is 0.317. The van der Waals surface area contributed by atoms with Gasteiger partial charge in [0, 0.05) is 5.69 Å². The van der Waals surface area contributed by atoms with Crippen molar-refractivity contribution in [2.24, 2.45) is 5.73 Å². The Morgan fingerprint density at radius 2 is 2.22 bits per heavy atom. The molecule has 2 aromatic rings. The number of thiophene rings is 1. The number of benzene rings is 1. The van der Waals surface area contributed by atoms with Crippen molar-refractivity contribution in [1.29, 1.82) is 0 Å². The normalized spacial score (nSPS) is 12.1. The number of amides is 1. The molecule has 0 bridgehead atoms. The van der Waals surface area contributed by atoms with Crippen molar-refractivity contribution in [1.82, 2.24) is 0 Å². The molecule has 1 heterocycles. The van der Waals surface area contributed by atoms with Crippen LogP contribution in [0, 0.1) is 0 Å². The van der Waals surface area contributed by atoms with E-state index < -0.39 is 0 Å². The standard InChI is InChI=1S/C14H16N2OS/c1-2-13(14(15)17)16-12-5-3-4-10(8-12)11-6-7-18-9-11/h3-9,13,16H,2H2,1H3,(H2,15,17)/t13-/m1/s1. The van der Waals surface area contributed by atoms with Crippen LogP contribution in [0.4, 0.5) is 5.69 Å². The molecule has 0 saturated heterocycles. The molecule has 0 aliphatic heterocycles. The average molecular weight is 260 g/mol. The molecule has 2 rings (SSSR count). The van der Waals surface area contributed by atoms with Crippen molar-refractivity contribution in [3.63, 3.8) is 0 Å². The van der Waals surface area contributed by atoms with Gasteiger partial charge in [0.05, 0.1) is 0 Å². The molecule has 1 amide bonds. The minimum Gasteiger partial charge on any atom is -0.374 e. The summed E-state index contributed by atoms with van der Waals surface area (Å²) in [7, 11) is 0. The Morgan fingerprint density at radius 1 is 1.39 bits per heavy atom. The summed E-state index contributed by atoms with van der Waals surface area (Å²) in [5, 5.41) is 7.31. The maximum Gasteiger partial charge on any atom is 0.239 e. The maximum absolute atomic E-state index is 11.2. The second-order valence-corrected chi connectivity index (χ2v) is 4.88. The number of carbonyl (C=O) groups excluding carboxylic acids is 1. The zero-order valence-corrected chi connectivity index (χ0v) is 11.0. The third-order valence-electron chi connectivity index (χ3n) is 2.81. The number of rotatable bonds is 5. The van der Waals surface area contributed by atoms with Crippen LogP contribution in [0.3, 0.4) is 0 Å². The largest absolute Gasteiger partial charge is 0.374 e. The topological polar surface area (TPSA) is 55.1 Å². The highest BCUT2D eigenvalue weighted by Gasteiger charge is 2.12. The Labute approximate surface area is 111 Å². The molecule has 4 heteroatoms. The fourth-order valence-corrected chi connectivity index (χ4v) is 2.46. The Morgan fingerprint density at radius 3 is 2.83 bits per heavy atom. The minimum atomic E-state index is -0.321. The molecular formula is C14H16N2OS. The summed E-state index contributed by atoms with van der Waals surface area (Å²) in [5.74, 6) is -0.321. The number of carbonyl (C=O) groups is 1. The lowest BCUT2D eigenvalue weighted by molar-refractivity contribution is -0.118. The van der Waals surface area contributed by atoms with Gasteiger partial charge in [0.15, 0.2) is 0 Å². The van der Waals surface area contributed by atoms with Gasteiger partial charge in [0.1, 0.15) is 6.04 Å². The first-order chi connectivity index (χ1) is 8.70. The van der Waals surface area contributed by atoms with Crippen molar-refractivity contribution in [3.05, 3.63) is 41.1 Å². The molecule has 0 aliphatic rings. The van der Waals surface area contributed by atoms with Gasteiger partial charge in [-0.15, -0.1) is 0 Å². The summed E-state index contributed by atoms with van der Waals surface area (Å²) >= 11 is 1.67. The fourth-order valence-electron chi connectivity index (χ4n) is 1.79. The van der Waals surface area contributed by atoms with E-state index in [0.29, 0.717) is 6.42 Å². The van der Waals surface area contributed by atoms with Crippen LogP contribution >= 0.6 is 11.3 Å². The first-order valence-corrected chi connectivity index (χ1v) is 6.83. The average Bonchev–Trinajstić information content (AvgIpc) is 2.90. The molecule has 0 spiro atoms. The molecule has 1 aromatic carbocycles. The van der Waals surface area contributed by atoms with Gasteiger partial charge in [-0.1, -0.05) is 19.1 Å². The Hall–Kier alpha value is -1.81. The number of hydrogen-bond donors (Lipinski definition) is 2. The van der Waals surface area contributed by atoms with Crippen LogP contribution in [0.2, 0.25) is 0 Å². The Bertz CT molecular complexity index is 522. The molecule has 3 nitrogen and oxygen atoms in total. The number of primary amides is 1. The lowest BCUT2D eigenvalue weighted by atomic mass is 10.1. The van der Waals surface area contributed by atoms with Crippen molar-refractivity contribution in [2.75, 3.05) is 5.32 Å². The second kappa shape index (κ2) is 5.69. The molecule has 1 atom stereocenters. The Balaban J connectivity index is 2.20. The fraction of sp³-hybridized carbons (Fsp3) is 0.214. The van der Waals surface area contributed by atoms with E-state index in [9.17, 15) is 4.79 Å². The van der Waals surface area contributed by atoms with Crippen LogP contribution in [0.15, 0.2) is 41.1 Å². The van der Waals surface area contributed by atoms with Crippen LogP contribution in [0.25, 0.3) is 11.1 Å². The summed E-state index contributed by atoms with van der Waals surface area (Å²) < 4.78 is 0. The molecule has 94 valence electrons.